The minimum atomic E-state index is -3.95. The molecule has 1 aliphatic rings. The van der Waals surface area contributed by atoms with Crippen molar-refractivity contribution in [3.63, 3.8) is 0 Å². The lowest BCUT2D eigenvalue weighted by Crippen LogP contribution is -2.40. The molecule has 21 heavy (non-hydrogen) atoms. The number of nitrogens with two attached hydrogens (primary N) is 1. The Kier molecular flexibility index (Phi) is 4.69. The molecule has 0 radical (unpaired) electrons. The molecule has 118 valence electrons. The van der Waals surface area contributed by atoms with Gasteiger partial charge in [0, 0.05) is 12.6 Å². The van der Waals surface area contributed by atoms with Gasteiger partial charge in [-0.15, -0.1) is 0 Å². The van der Waals surface area contributed by atoms with E-state index < -0.39 is 26.1 Å². The molecule has 1 aromatic carbocycles. The van der Waals surface area contributed by atoms with Crippen molar-refractivity contribution in [1.29, 1.82) is 0 Å². The molecule has 0 saturated carbocycles. The Bertz CT molecular complexity index is 709. The maximum atomic E-state index is 12.3. The predicted octanol–water partition coefficient (Wildman–Crippen LogP) is 0.180. The Morgan fingerprint density at radius 1 is 1.29 bits per heavy atom. The molecular weight excluding hydrogens is 316 g/mol. The molecule has 2 rings (SSSR count). The highest BCUT2D eigenvalue weighted by atomic mass is 32.2. The fourth-order valence-corrected chi connectivity index (χ4v) is 4.16. The second-order valence-electron chi connectivity index (χ2n) is 4.98. The quantitative estimate of drug-likeness (QED) is 0.797. The summed E-state index contributed by atoms with van der Waals surface area (Å²) in [6, 6.07) is 4.55. The number of hydrogen-bond donors (Lipinski definition) is 2. The van der Waals surface area contributed by atoms with E-state index in [0.29, 0.717) is 6.61 Å². The molecule has 1 fully saturated rings. The minimum absolute atomic E-state index is 0.140. The standard InChI is InChI=1S/C12H18N2O5S2/c1-9(12-6-3-7-19-12)14-21(17,18)11-5-2-4-10(8-11)20(13,15)16/h2,4-5,8-9,12,14H,3,6-7H2,1H3,(H2,13,15,16)/t9-,12-/m0/s1. The van der Waals surface area contributed by atoms with Gasteiger partial charge in [0.05, 0.1) is 15.9 Å². The predicted molar refractivity (Wildman–Crippen MR) is 76.6 cm³/mol. The number of nitrogens with one attached hydrogen (secondary N) is 1. The van der Waals surface area contributed by atoms with Gasteiger partial charge in [0.25, 0.3) is 0 Å². The molecule has 1 saturated heterocycles. The van der Waals surface area contributed by atoms with Crippen LogP contribution < -0.4 is 9.86 Å². The number of benzene rings is 1. The van der Waals surface area contributed by atoms with Crippen LogP contribution in [-0.2, 0) is 24.8 Å². The zero-order chi connectivity index (χ0) is 15.7. The Balaban J connectivity index is 2.23. The molecular formula is C12H18N2O5S2. The summed E-state index contributed by atoms with van der Waals surface area (Å²) in [4.78, 5) is -0.381. The van der Waals surface area contributed by atoms with E-state index >= 15 is 0 Å². The normalized spacial score (nSPS) is 21.3. The average molecular weight is 334 g/mol. The Morgan fingerprint density at radius 2 is 1.95 bits per heavy atom. The van der Waals surface area contributed by atoms with Crippen LogP contribution in [0.5, 0.6) is 0 Å². The first-order chi connectivity index (χ1) is 9.70. The zero-order valence-corrected chi connectivity index (χ0v) is 13.2. The van der Waals surface area contributed by atoms with Crippen LogP contribution in [0.25, 0.3) is 0 Å². The van der Waals surface area contributed by atoms with Gasteiger partial charge in [-0.3, -0.25) is 0 Å². The molecule has 0 aromatic heterocycles. The summed E-state index contributed by atoms with van der Waals surface area (Å²) < 4.78 is 55.1. The Hall–Kier alpha value is -1.00. The molecule has 1 aromatic rings. The van der Waals surface area contributed by atoms with Gasteiger partial charge in [-0.2, -0.15) is 0 Å². The van der Waals surface area contributed by atoms with Gasteiger partial charge in [0.15, 0.2) is 0 Å². The lowest BCUT2D eigenvalue weighted by atomic mass is 10.1. The van der Waals surface area contributed by atoms with Gasteiger partial charge in [-0.1, -0.05) is 6.07 Å². The lowest BCUT2D eigenvalue weighted by Gasteiger charge is -2.20. The SMILES string of the molecule is C[C@H](NS(=O)(=O)c1cccc(S(N)(=O)=O)c1)[C@@H]1CCCO1. The molecule has 1 aliphatic heterocycles. The lowest BCUT2D eigenvalue weighted by molar-refractivity contribution is 0.0902. The minimum Gasteiger partial charge on any atom is -0.377 e. The molecule has 0 bridgehead atoms. The van der Waals surface area contributed by atoms with Crippen LogP contribution in [0.2, 0.25) is 0 Å². The van der Waals surface area contributed by atoms with Crippen molar-refractivity contribution in [1.82, 2.24) is 4.72 Å². The van der Waals surface area contributed by atoms with Crippen molar-refractivity contribution in [2.75, 3.05) is 6.61 Å². The summed E-state index contributed by atoms with van der Waals surface area (Å²) in [5.74, 6) is 0. The summed E-state index contributed by atoms with van der Waals surface area (Å²) >= 11 is 0. The Labute approximate surface area is 124 Å². The monoisotopic (exact) mass is 334 g/mol. The van der Waals surface area contributed by atoms with E-state index in [9.17, 15) is 16.8 Å². The zero-order valence-electron chi connectivity index (χ0n) is 11.5. The maximum absolute atomic E-state index is 12.3. The third-order valence-electron chi connectivity index (χ3n) is 3.31. The van der Waals surface area contributed by atoms with E-state index in [-0.39, 0.29) is 15.9 Å². The first-order valence-corrected chi connectivity index (χ1v) is 9.50. The van der Waals surface area contributed by atoms with Crippen molar-refractivity contribution >= 4 is 20.0 Å². The van der Waals surface area contributed by atoms with E-state index in [0.717, 1.165) is 18.9 Å². The highest BCUT2D eigenvalue weighted by Crippen LogP contribution is 2.19. The van der Waals surface area contributed by atoms with Gasteiger partial charge in [-0.05, 0) is 38.0 Å². The number of ether oxygens (including phenoxy) is 1. The third kappa shape index (κ3) is 4.01. The van der Waals surface area contributed by atoms with Crippen molar-refractivity contribution in [2.45, 2.75) is 41.7 Å². The van der Waals surface area contributed by atoms with Gasteiger partial charge >= 0.3 is 0 Å². The fraction of sp³-hybridized carbons (Fsp3) is 0.500. The van der Waals surface area contributed by atoms with Gasteiger partial charge in [0.1, 0.15) is 0 Å². The second-order valence-corrected chi connectivity index (χ2v) is 8.26. The van der Waals surface area contributed by atoms with Crippen LogP contribution >= 0.6 is 0 Å². The molecule has 0 aliphatic carbocycles. The topological polar surface area (TPSA) is 116 Å². The maximum Gasteiger partial charge on any atom is 0.240 e. The van der Waals surface area contributed by atoms with E-state index in [4.69, 9.17) is 9.88 Å². The summed E-state index contributed by atoms with van der Waals surface area (Å²) in [7, 11) is -7.78. The molecule has 0 spiro atoms. The van der Waals surface area contributed by atoms with Crippen LogP contribution in [0.3, 0.4) is 0 Å². The summed E-state index contributed by atoms with van der Waals surface area (Å²) in [5.41, 5.74) is 0. The van der Waals surface area contributed by atoms with Gasteiger partial charge in [-0.25, -0.2) is 26.7 Å². The molecule has 0 unspecified atom stereocenters. The van der Waals surface area contributed by atoms with Crippen LogP contribution in [0.15, 0.2) is 34.1 Å². The molecule has 7 nitrogen and oxygen atoms in total. The summed E-state index contributed by atoms with van der Waals surface area (Å²) in [6.07, 6.45) is 1.53. The molecule has 3 N–H and O–H groups in total. The van der Waals surface area contributed by atoms with E-state index in [2.05, 4.69) is 4.72 Å². The Morgan fingerprint density at radius 3 is 2.52 bits per heavy atom. The number of primary sulfonamides is 1. The van der Waals surface area contributed by atoms with Gasteiger partial charge < -0.3 is 4.74 Å². The van der Waals surface area contributed by atoms with Crippen LogP contribution in [0, 0.1) is 0 Å². The summed E-state index contributed by atoms with van der Waals surface area (Å²) in [6.45, 7) is 2.34. The third-order valence-corrected chi connectivity index (χ3v) is 5.78. The fourth-order valence-electron chi connectivity index (χ4n) is 2.20. The van der Waals surface area contributed by atoms with E-state index in [1.54, 1.807) is 6.92 Å². The first-order valence-electron chi connectivity index (χ1n) is 6.47. The number of hydrogen-bond acceptors (Lipinski definition) is 5. The number of rotatable bonds is 5. The van der Waals surface area contributed by atoms with Gasteiger partial charge in [0.2, 0.25) is 20.0 Å². The van der Waals surface area contributed by atoms with Crippen LogP contribution in [-0.4, -0.2) is 35.6 Å². The second kappa shape index (κ2) is 6.01. The van der Waals surface area contributed by atoms with E-state index in [1.165, 1.54) is 18.2 Å². The van der Waals surface area contributed by atoms with Crippen molar-refractivity contribution < 1.29 is 21.6 Å². The van der Waals surface area contributed by atoms with Crippen LogP contribution in [0.1, 0.15) is 19.8 Å². The van der Waals surface area contributed by atoms with Crippen molar-refractivity contribution in [3.8, 4) is 0 Å². The number of sulfonamides is 2. The highest BCUT2D eigenvalue weighted by molar-refractivity contribution is 7.90. The van der Waals surface area contributed by atoms with Crippen LogP contribution in [0.4, 0.5) is 0 Å². The molecule has 2 atom stereocenters. The highest BCUT2D eigenvalue weighted by Gasteiger charge is 2.27. The average Bonchev–Trinajstić information content (AvgIpc) is 2.91. The molecule has 1 heterocycles. The smallest absolute Gasteiger partial charge is 0.240 e. The van der Waals surface area contributed by atoms with E-state index in [1.807, 2.05) is 0 Å². The first kappa shape index (κ1) is 16.4. The van der Waals surface area contributed by atoms with Crippen molar-refractivity contribution in [3.05, 3.63) is 24.3 Å². The molecule has 9 heteroatoms. The summed E-state index contributed by atoms with van der Waals surface area (Å²) in [5, 5.41) is 5.01. The van der Waals surface area contributed by atoms with Crippen molar-refractivity contribution in [2.24, 2.45) is 5.14 Å². The largest absolute Gasteiger partial charge is 0.377 e. The molecule has 0 amide bonds.